The van der Waals surface area contributed by atoms with Gasteiger partial charge in [0, 0.05) is 11.6 Å². The Kier molecular flexibility index (Phi) is 7.53. The second-order valence-corrected chi connectivity index (χ2v) is 4.45. The van der Waals surface area contributed by atoms with Crippen LogP contribution in [-0.2, 0) is 0 Å². The standard InChI is InChI=1S/C11H24N2O4/c1-2-3-10(12)11(13,4-8(16)6-14)5-9(17)7-15/h2,8-10,14-17H,1,3-7,12-13H2. The molecular weight excluding hydrogens is 224 g/mol. The summed E-state index contributed by atoms with van der Waals surface area (Å²) in [7, 11) is 0. The summed E-state index contributed by atoms with van der Waals surface area (Å²) in [6.07, 6.45) is 0.129. The molecule has 0 aliphatic heterocycles. The molecule has 0 aliphatic carbocycles. The largest absolute Gasteiger partial charge is 0.394 e. The van der Waals surface area contributed by atoms with Crippen LogP contribution in [0.25, 0.3) is 0 Å². The molecule has 0 rings (SSSR count). The first-order chi connectivity index (χ1) is 7.89. The van der Waals surface area contributed by atoms with Crippen molar-refractivity contribution in [1.82, 2.24) is 0 Å². The van der Waals surface area contributed by atoms with Crippen LogP contribution in [0.4, 0.5) is 0 Å². The summed E-state index contributed by atoms with van der Waals surface area (Å²) in [5.41, 5.74) is 10.9. The monoisotopic (exact) mass is 248 g/mol. The number of nitrogens with two attached hydrogens (primary N) is 2. The quantitative estimate of drug-likeness (QED) is 0.263. The molecule has 0 aromatic rings. The van der Waals surface area contributed by atoms with Crippen LogP contribution in [0.2, 0.25) is 0 Å². The maximum absolute atomic E-state index is 9.44. The predicted octanol–water partition coefficient (Wildman–Crippen LogP) is -1.93. The van der Waals surface area contributed by atoms with Crippen molar-refractivity contribution in [3.8, 4) is 0 Å². The van der Waals surface area contributed by atoms with Gasteiger partial charge in [0.25, 0.3) is 0 Å². The van der Waals surface area contributed by atoms with Crippen molar-refractivity contribution in [3.05, 3.63) is 12.7 Å². The molecule has 0 heterocycles. The summed E-state index contributed by atoms with van der Waals surface area (Å²) in [5, 5.41) is 36.5. The minimum atomic E-state index is -1.06. The van der Waals surface area contributed by atoms with Gasteiger partial charge in [-0.05, 0) is 19.3 Å². The van der Waals surface area contributed by atoms with E-state index in [1.54, 1.807) is 6.08 Å². The van der Waals surface area contributed by atoms with E-state index in [0.29, 0.717) is 6.42 Å². The normalized spacial score (nSPS) is 20.4. The molecule has 102 valence electrons. The van der Waals surface area contributed by atoms with E-state index in [0.717, 1.165) is 0 Å². The molecule has 0 aromatic carbocycles. The fraction of sp³-hybridized carbons (Fsp3) is 0.818. The van der Waals surface area contributed by atoms with Gasteiger partial charge in [0.2, 0.25) is 0 Å². The van der Waals surface area contributed by atoms with Crippen LogP contribution >= 0.6 is 0 Å². The van der Waals surface area contributed by atoms with Gasteiger partial charge in [-0.25, -0.2) is 0 Å². The molecule has 0 amide bonds. The average Bonchev–Trinajstić information content (AvgIpc) is 2.28. The minimum absolute atomic E-state index is 0.0512. The Labute approximate surface area is 102 Å². The minimum Gasteiger partial charge on any atom is -0.394 e. The van der Waals surface area contributed by atoms with Crippen LogP contribution < -0.4 is 11.5 Å². The fourth-order valence-corrected chi connectivity index (χ4v) is 1.81. The van der Waals surface area contributed by atoms with E-state index in [4.69, 9.17) is 21.7 Å². The lowest BCUT2D eigenvalue weighted by Crippen LogP contribution is -2.59. The van der Waals surface area contributed by atoms with Gasteiger partial charge in [-0.1, -0.05) is 6.08 Å². The molecule has 6 nitrogen and oxygen atoms in total. The predicted molar refractivity (Wildman–Crippen MR) is 65.1 cm³/mol. The first-order valence-electron chi connectivity index (χ1n) is 5.62. The Morgan fingerprint density at radius 3 is 1.82 bits per heavy atom. The lowest BCUT2D eigenvalue weighted by atomic mass is 9.79. The van der Waals surface area contributed by atoms with E-state index in [1.807, 2.05) is 0 Å². The van der Waals surface area contributed by atoms with E-state index in [-0.39, 0.29) is 12.8 Å². The van der Waals surface area contributed by atoms with Crippen LogP contribution in [-0.4, -0.2) is 57.4 Å². The molecule has 0 aromatic heterocycles. The van der Waals surface area contributed by atoms with Gasteiger partial charge >= 0.3 is 0 Å². The van der Waals surface area contributed by atoms with Crippen molar-refractivity contribution in [2.75, 3.05) is 13.2 Å². The highest BCUT2D eigenvalue weighted by molar-refractivity contribution is 4.99. The van der Waals surface area contributed by atoms with Crippen LogP contribution in [0.3, 0.4) is 0 Å². The van der Waals surface area contributed by atoms with Crippen LogP contribution in [0, 0.1) is 0 Å². The Balaban J connectivity index is 4.71. The molecule has 0 aliphatic rings. The van der Waals surface area contributed by atoms with Crippen molar-refractivity contribution in [3.63, 3.8) is 0 Å². The number of aliphatic hydroxyl groups excluding tert-OH is 4. The number of rotatable bonds is 9. The third-order valence-corrected chi connectivity index (χ3v) is 2.81. The topological polar surface area (TPSA) is 133 Å². The molecule has 17 heavy (non-hydrogen) atoms. The zero-order chi connectivity index (χ0) is 13.5. The molecule has 0 radical (unpaired) electrons. The molecule has 0 fully saturated rings. The molecule has 0 spiro atoms. The SMILES string of the molecule is C=CCC(N)C(N)(CC(O)CO)CC(O)CO. The van der Waals surface area contributed by atoms with Gasteiger partial charge in [-0.15, -0.1) is 6.58 Å². The van der Waals surface area contributed by atoms with E-state index in [9.17, 15) is 10.2 Å². The van der Waals surface area contributed by atoms with Crippen molar-refractivity contribution in [2.24, 2.45) is 11.5 Å². The summed E-state index contributed by atoms with van der Waals surface area (Å²) in [6, 6.07) is -0.512. The second kappa shape index (κ2) is 7.75. The highest BCUT2D eigenvalue weighted by Gasteiger charge is 2.35. The zero-order valence-corrected chi connectivity index (χ0v) is 10.00. The highest BCUT2D eigenvalue weighted by Crippen LogP contribution is 2.22. The molecule has 0 saturated heterocycles. The van der Waals surface area contributed by atoms with Crippen LogP contribution in [0.1, 0.15) is 19.3 Å². The fourth-order valence-electron chi connectivity index (χ4n) is 1.81. The van der Waals surface area contributed by atoms with Gasteiger partial charge in [0.1, 0.15) is 0 Å². The van der Waals surface area contributed by atoms with Gasteiger partial charge in [-0.2, -0.15) is 0 Å². The maximum Gasteiger partial charge on any atom is 0.0789 e. The van der Waals surface area contributed by atoms with Gasteiger partial charge in [0.05, 0.1) is 25.4 Å². The Bertz CT molecular complexity index is 214. The Morgan fingerprint density at radius 2 is 1.53 bits per heavy atom. The van der Waals surface area contributed by atoms with Crippen molar-refractivity contribution >= 4 is 0 Å². The Hall–Kier alpha value is -0.500. The molecule has 0 bridgehead atoms. The number of aliphatic hydroxyl groups is 4. The number of hydrogen-bond donors (Lipinski definition) is 6. The first kappa shape index (κ1) is 16.5. The lowest BCUT2D eigenvalue weighted by molar-refractivity contribution is 0.0279. The second-order valence-electron chi connectivity index (χ2n) is 4.45. The molecule has 3 unspecified atom stereocenters. The molecular formula is C11H24N2O4. The lowest BCUT2D eigenvalue weighted by Gasteiger charge is -2.37. The molecule has 0 saturated carbocycles. The van der Waals surface area contributed by atoms with Crippen molar-refractivity contribution in [1.29, 1.82) is 0 Å². The van der Waals surface area contributed by atoms with E-state index < -0.39 is 37.0 Å². The molecule has 6 heteroatoms. The van der Waals surface area contributed by atoms with Crippen molar-refractivity contribution in [2.45, 2.75) is 43.1 Å². The third-order valence-electron chi connectivity index (χ3n) is 2.81. The summed E-state index contributed by atoms with van der Waals surface area (Å²) < 4.78 is 0. The molecule has 3 atom stereocenters. The van der Waals surface area contributed by atoms with Crippen LogP contribution in [0.15, 0.2) is 12.7 Å². The molecule has 8 N–H and O–H groups in total. The van der Waals surface area contributed by atoms with Crippen LogP contribution in [0.5, 0.6) is 0 Å². The summed E-state index contributed by atoms with van der Waals surface area (Å²) in [4.78, 5) is 0. The summed E-state index contributed by atoms with van der Waals surface area (Å²) >= 11 is 0. The number of hydrogen-bond acceptors (Lipinski definition) is 6. The first-order valence-corrected chi connectivity index (χ1v) is 5.62. The van der Waals surface area contributed by atoms with Gasteiger partial charge < -0.3 is 31.9 Å². The van der Waals surface area contributed by atoms with E-state index >= 15 is 0 Å². The highest BCUT2D eigenvalue weighted by atomic mass is 16.3. The van der Waals surface area contributed by atoms with Gasteiger partial charge in [-0.3, -0.25) is 0 Å². The zero-order valence-electron chi connectivity index (χ0n) is 10.00. The van der Waals surface area contributed by atoms with E-state index in [2.05, 4.69) is 6.58 Å². The maximum atomic E-state index is 9.44. The van der Waals surface area contributed by atoms with Crippen molar-refractivity contribution < 1.29 is 20.4 Å². The smallest absolute Gasteiger partial charge is 0.0789 e. The van der Waals surface area contributed by atoms with Gasteiger partial charge in [0.15, 0.2) is 0 Å². The summed E-state index contributed by atoms with van der Waals surface area (Å²) in [6.45, 7) is 2.71. The average molecular weight is 248 g/mol. The van der Waals surface area contributed by atoms with E-state index in [1.165, 1.54) is 0 Å². The Morgan fingerprint density at radius 1 is 1.12 bits per heavy atom. The summed E-state index contributed by atoms with van der Waals surface area (Å²) in [5.74, 6) is 0. The third kappa shape index (κ3) is 5.58.